The predicted octanol–water partition coefficient (Wildman–Crippen LogP) is 2.86. The molecule has 3 nitrogen and oxygen atoms in total. The predicted molar refractivity (Wildman–Crippen MR) is 87.3 cm³/mol. The van der Waals surface area contributed by atoms with Gasteiger partial charge < -0.3 is 10.2 Å². The average molecular weight is 293 g/mol. The van der Waals surface area contributed by atoms with Gasteiger partial charge in [-0.25, -0.2) is 4.39 Å². The lowest BCUT2D eigenvalue weighted by Gasteiger charge is -2.37. The minimum absolute atomic E-state index is 0.0907. The summed E-state index contributed by atoms with van der Waals surface area (Å²) >= 11 is 0. The molecular weight excluding hydrogens is 265 g/mol. The molecule has 0 aromatic heterocycles. The van der Waals surface area contributed by atoms with Crippen LogP contribution in [-0.4, -0.2) is 44.2 Å². The van der Waals surface area contributed by atoms with Gasteiger partial charge in [-0.1, -0.05) is 19.9 Å². The third-order valence-electron chi connectivity index (χ3n) is 4.08. The highest BCUT2D eigenvalue weighted by Crippen LogP contribution is 2.24. The Morgan fingerprint density at radius 1 is 1.10 bits per heavy atom. The Kier molecular flexibility index (Phi) is 6.46. The smallest absolute Gasteiger partial charge is 0.129 e. The molecule has 0 amide bonds. The first-order chi connectivity index (χ1) is 10.3. The van der Waals surface area contributed by atoms with Crippen molar-refractivity contribution in [2.45, 2.75) is 33.2 Å². The molecule has 118 valence electrons. The maximum Gasteiger partial charge on any atom is 0.129 e. The van der Waals surface area contributed by atoms with E-state index in [4.69, 9.17) is 0 Å². The van der Waals surface area contributed by atoms with Crippen molar-refractivity contribution >= 4 is 5.69 Å². The summed E-state index contributed by atoms with van der Waals surface area (Å²) < 4.78 is 14.2. The Morgan fingerprint density at radius 3 is 2.52 bits per heavy atom. The van der Waals surface area contributed by atoms with Crippen molar-refractivity contribution in [3.8, 4) is 0 Å². The van der Waals surface area contributed by atoms with E-state index in [1.807, 2.05) is 6.07 Å². The number of nitrogens with zero attached hydrogens (tertiary/aromatic N) is 2. The maximum atomic E-state index is 14.2. The van der Waals surface area contributed by atoms with Gasteiger partial charge in [-0.3, -0.25) is 4.90 Å². The second-order valence-corrected chi connectivity index (χ2v) is 5.74. The molecular formula is C17H28FN3. The average Bonchev–Trinajstić information content (AvgIpc) is 2.50. The van der Waals surface area contributed by atoms with Gasteiger partial charge in [0, 0.05) is 44.0 Å². The number of halogens is 1. The van der Waals surface area contributed by atoms with Gasteiger partial charge in [0.15, 0.2) is 0 Å². The summed E-state index contributed by atoms with van der Waals surface area (Å²) in [5, 5.41) is 3.32. The monoisotopic (exact) mass is 293 g/mol. The number of benzene rings is 1. The number of anilines is 1. The van der Waals surface area contributed by atoms with Gasteiger partial charge in [-0.05, 0) is 38.1 Å². The third-order valence-corrected chi connectivity index (χ3v) is 4.08. The maximum absolute atomic E-state index is 14.2. The fraction of sp³-hybridized carbons (Fsp3) is 0.647. The molecule has 0 radical (unpaired) electrons. The van der Waals surface area contributed by atoms with Crippen LogP contribution in [0.25, 0.3) is 0 Å². The molecule has 0 atom stereocenters. The van der Waals surface area contributed by atoms with Crippen molar-refractivity contribution < 1.29 is 4.39 Å². The zero-order chi connectivity index (χ0) is 15.1. The number of hydrogen-bond acceptors (Lipinski definition) is 3. The molecule has 1 aromatic carbocycles. The van der Waals surface area contributed by atoms with E-state index in [1.165, 1.54) is 13.0 Å². The lowest BCUT2D eigenvalue weighted by atomic mass is 10.1. The van der Waals surface area contributed by atoms with E-state index in [0.29, 0.717) is 6.54 Å². The molecule has 1 aliphatic rings. The summed E-state index contributed by atoms with van der Waals surface area (Å²) in [5.74, 6) is -0.0907. The van der Waals surface area contributed by atoms with Crippen LogP contribution in [0.3, 0.4) is 0 Å². The summed E-state index contributed by atoms with van der Waals surface area (Å²) in [6.45, 7) is 11.2. The van der Waals surface area contributed by atoms with E-state index in [2.05, 4.69) is 35.0 Å². The Labute approximate surface area is 128 Å². The van der Waals surface area contributed by atoms with Gasteiger partial charge in [0.2, 0.25) is 0 Å². The van der Waals surface area contributed by atoms with E-state index in [1.54, 1.807) is 6.07 Å². The highest BCUT2D eigenvalue weighted by molar-refractivity contribution is 5.54. The van der Waals surface area contributed by atoms with Crippen LogP contribution in [-0.2, 0) is 6.54 Å². The van der Waals surface area contributed by atoms with Crippen molar-refractivity contribution in [2.75, 3.05) is 44.2 Å². The first-order valence-electron chi connectivity index (χ1n) is 8.21. The van der Waals surface area contributed by atoms with E-state index < -0.39 is 0 Å². The SMILES string of the molecule is CCCNCc1c(F)cccc1N1CCN(CCC)CC1. The van der Waals surface area contributed by atoms with Gasteiger partial charge in [-0.2, -0.15) is 0 Å². The van der Waals surface area contributed by atoms with Crippen molar-refractivity contribution in [3.05, 3.63) is 29.6 Å². The fourth-order valence-corrected chi connectivity index (χ4v) is 2.94. The molecule has 1 saturated heterocycles. The molecule has 0 saturated carbocycles. The van der Waals surface area contributed by atoms with E-state index in [0.717, 1.165) is 50.4 Å². The van der Waals surface area contributed by atoms with Gasteiger partial charge in [0.25, 0.3) is 0 Å². The second-order valence-electron chi connectivity index (χ2n) is 5.74. The van der Waals surface area contributed by atoms with Crippen LogP contribution in [0, 0.1) is 5.82 Å². The molecule has 0 unspecified atom stereocenters. The first-order valence-corrected chi connectivity index (χ1v) is 8.21. The molecule has 1 N–H and O–H groups in total. The van der Waals surface area contributed by atoms with Gasteiger partial charge in [0.05, 0.1) is 0 Å². The van der Waals surface area contributed by atoms with Crippen molar-refractivity contribution in [1.29, 1.82) is 0 Å². The highest BCUT2D eigenvalue weighted by Gasteiger charge is 2.19. The van der Waals surface area contributed by atoms with Crippen LogP contribution in [0.5, 0.6) is 0 Å². The van der Waals surface area contributed by atoms with Gasteiger partial charge >= 0.3 is 0 Å². The Bertz CT molecular complexity index is 428. The first kappa shape index (κ1) is 16.2. The number of rotatable bonds is 7. The van der Waals surface area contributed by atoms with E-state index >= 15 is 0 Å². The Balaban J connectivity index is 2.04. The van der Waals surface area contributed by atoms with Crippen molar-refractivity contribution in [2.24, 2.45) is 0 Å². The quantitative estimate of drug-likeness (QED) is 0.780. The molecule has 1 heterocycles. The molecule has 21 heavy (non-hydrogen) atoms. The molecule has 1 aliphatic heterocycles. The molecule has 0 spiro atoms. The van der Waals surface area contributed by atoms with Crippen LogP contribution in [0.15, 0.2) is 18.2 Å². The normalized spacial score (nSPS) is 16.4. The summed E-state index contributed by atoms with van der Waals surface area (Å²) in [5.41, 5.74) is 1.88. The molecule has 0 bridgehead atoms. The zero-order valence-corrected chi connectivity index (χ0v) is 13.4. The van der Waals surface area contributed by atoms with Crippen LogP contribution < -0.4 is 10.2 Å². The minimum atomic E-state index is -0.0907. The number of hydrogen-bond donors (Lipinski definition) is 1. The van der Waals surface area contributed by atoms with Crippen LogP contribution in [0.1, 0.15) is 32.3 Å². The zero-order valence-electron chi connectivity index (χ0n) is 13.4. The van der Waals surface area contributed by atoms with Gasteiger partial charge in [0.1, 0.15) is 5.82 Å². The fourth-order valence-electron chi connectivity index (χ4n) is 2.94. The van der Waals surface area contributed by atoms with Crippen LogP contribution in [0.2, 0.25) is 0 Å². The van der Waals surface area contributed by atoms with E-state index in [-0.39, 0.29) is 5.82 Å². The third kappa shape index (κ3) is 4.42. The highest BCUT2D eigenvalue weighted by atomic mass is 19.1. The lowest BCUT2D eigenvalue weighted by molar-refractivity contribution is 0.258. The second kappa shape index (κ2) is 8.35. The van der Waals surface area contributed by atoms with Crippen LogP contribution in [0.4, 0.5) is 10.1 Å². The molecule has 4 heteroatoms. The molecule has 1 aromatic rings. The lowest BCUT2D eigenvalue weighted by Crippen LogP contribution is -2.47. The molecule has 2 rings (SSSR count). The van der Waals surface area contributed by atoms with Gasteiger partial charge in [-0.15, -0.1) is 0 Å². The number of nitrogens with one attached hydrogen (secondary N) is 1. The van der Waals surface area contributed by atoms with E-state index in [9.17, 15) is 4.39 Å². The number of piperazine rings is 1. The topological polar surface area (TPSA) is 18.5 Å². The summed E-state index contributed by atoms with van der Waals surface area (Å²) in [6.07, 6.45) is 2.27. The minimum Gasteiger partial charge on any atom is -0.369 e. The Hall–Kier alpha value is -1.13. The van der Waals surface area contributed by atoms with Crippen molar-refractivity contribution in [1.82, 2.24) is 10.2 Å². The largest absolute Gasteiger partial charge is 0.369 e. The standard InChI is InChI=1S/C17H28FN3/c1-3-8-19-14-15-16(18)6-5-7-17(15)21-12-10-20(9-4-2)11-13-21/h5-7,19H,3-4,8-14H2,1-2H3. The van der Waals surface area contributed by atoms with Crippen LogP contribution >= 0.6 is 0 Å². The summed E-state index contributed by atoms with van der Waals surface area (Å²) in [6, 6.07) is 5.45. The van der Waals surface area contributed by atoms with Crippen molar-refractivity contribution in [3.63, 3.8) is 0 Å². The Morgan fingerprint density at radius 2 is 1.86 bits per heavy atom. The summed E-state index contributed by atoms with van der Waals surface area (Å²) in [4.78, 5) is 4.82. The summed E-state index contributed by atoms with van der Waals surface area (Å²) in [7, 11) is 0. The molecule has 1 fully saturated rings. The molecule has 0 aliphatic carbocycles.